The van der Waals surface area contributed by atoms with Gasteiger partial charge in [-0.25, -0.2) is 9.48 Å². The molecule has 0 unspecified atom stereocenters. The number of H-pyrrole nitrogens is 1. The molecular formula is C18H20N6O4. The molecule has 1 aliphatic heterocycles. The zero-order valence-electron chi connectivity index (χ0n) is 15.4. The van der Waals surface area contributed by atoms with Crippen molar-refractivity contribution in [3.8, 4) is 0 Å². The molecule has 3 heterocycles. The third kappa shape index (κ3) is 3.58. The number of rotatable bonds is 4. The van der Waals surface area contributed by atoms with Crippen LogP contribution < -0.4 is 11.3 Å². The van der Waals surface area contributed by atoms with Crippen LogP contribution in [0.5, 0.6) is 0 Å². The molecular weight excluding hydrogens is 364 g/mol. The molecule has 1 amide bonds. The van der Waals surface area contributed by atoms with E-state index in [4.69, 9.17) is 0 Å². The van der Waals surface area contributed by atoms with Gasteiger partial charge in [0.25, 0.3) is 5.56 Å². The average Bonchev–Trinajstić information content (AvgIpc) is 3.11. The van der Waals surface area contributed by atoms with Crippen molar-refractivity contribution >= 4 is 16.7 Å². The lowest BCUT2D eigenvalue weighted by atomic mass is 10.1. The second-order valence-corrected chi connectivity index (χ2v) is 6.80. The van der Waals surface area contributed by atoms with Crippen LogP contribution in [0.15, 0.2) is 38.4 Å². The minimum atomic E-state index is -0.569. The van der Waals surface area contributed by atoms with Gasteiger partial charge in [-0.2, -0.15) is 5.10 Å². The summed E-state index contributed by atoms with van der Waals surface area (Å²) in [4.78, 5) is 42.4. The van der Waals surface area contributed by atoms with Gasteiger partial charge in [0.15, 0.2) is 5.82 Å². The zero-order chi connectivity index (χ0) is 19.7. The maximum atomic E-state index is 12.8. The van der Waals surface area contributed by atoms with Crippen LogP contribution in [-0.4, -0.2) is 61.8 Å². The Bertz CT molecular complexity index is 1120. The standard InChI is InChI=1S/C18H20N6O4/c1-22-17(26)13-5-3-2-4-12(13)14(20-22)10-16(25)24-8-6-23(7-9-24)11-15-19-18(27)28-21-15/h2-5H,6-11H2,1H3,(H,19,21,27). The number of aromatic amines is 1. The SMILES string of the molecule is Cn1nc(CC(=O)N2CCN(Cc3noc(=O)[nH]3)CC2)c2ccccc2c1=O. The average molecular weight is 384 g/mol. The van der Waals surface area contributed by atoms with Gasteiger partial charge in [-0.1, -0.05) is 23.4 Å². The summed E-state index contributed by atoms with van der Waals surface area (Å²) in [6.45, 7) is 2.96. The molecule has 0 atom stereocenters. The Morgan fingerprint density at radius 3 is 2.54 bits per heavy atom. The maximum Gasteiger partial charge on any atom is 0.438 e. The minimum Gasteiger partial charge on any atom is -0.340 e. The van der Waals surface area contributed by atoms with Gasteiger partial charge in [0.1, 0.15) is 0 Å². The summed E-state index contributed by atoms with van der Waals surface area (Å²) in [6, 6.07) is 7.21. The molecule has 1 N–H and O–H groups in total. The molecule has 1 aliphatic rings. The number of nitrogens with zero attached hydrogens (tertiary/aromatic N) is 5. The molecule has 10 heteroatoms. The predicted molar refractivity (Wildman–Crippen MR) is 99.7 cm³/mol. The van der Waals surface area contributed by atoms with Crippen molar-refractivity contribution in [2.45, 2.75) is 13.0 Å². The van der Waals surface area contributed by atoms with Crippen molar-refractivity contribution in [3.05, 3.63) is 56.7 Å². The van der Waals surface area contributed by atoms with Gasteiger partial charge in [-0.05, 0) is 6.07 Å². The smallest absolute Gasteiger partial charge is 0.340 e. The van der Waals surface area contributed by atoms with Crippen molar-refractivity contribution < 1.29 is 9.32 Å². The first-order valence-corrected chi connectivity index (χ1v) is 9.01. The highest BCUT2D eigenvalue weighted by atomic mass is 16.5. The lowest BCUT2D eigenvalue weighted by molar-refractivity contribution is -0.132. The number of nitrogens with one attached hydrogen (secondary N) is 1. The molecule has 146 valence electrons. The summed E-state index contributed by atoms with van der Waals surface area (Å²) < 4.78 is 5.78. The largest absolute Gasteiger partial charge is 0.438 e. The van der Waals surface area contributed by atoms with Crippen molar-refractivity contribution in [2.75, 3.05) is 26.2 Å². The molecule has 0 saturated carbocycles. The highest BCUT2D eigenvalue weighted by Gasteiger charge is 2.23. The number of aromatic nitrogens is 4. The fourth-order valence-corrected chi connectivity index (χ4v) is 3.46. The van der Waals surface area contributed by atoms with E-state index in [9.17, 15) is 14.4 Å². The maximum absolute atomic E-state index is 12.8. The van der Waals surface area contributed by atoms with E-state index in [1.54, 1.807) is 24.1 Å². The Labute approximate surface area is 159 Å². The van der Waals surface area contributed by atoms with Gasteiger partial charge in [-0.15, -0.1) is 0 Å². The van der Waals surface area contributed by atoms with Crippen molar-refractivity contribution in [1.29, 1.82) is 0 Å². The van der Waals surface area contributed by atoms with Crippen molar-refractivity contribution in [2.24, 2.45) is 7.05 Å². The Kier molecular flexibility index (Phi) is 4.78. The summed E-state index contributed by atoms with van der Waals surface area (Å²) in [5.41, 5.74) is 0.427. The molecule has 0 radical (unpaired) electrons. The molecule has 2 aromatic heterocycles. The van der Waals surface area contributed by atoms with Crippen LogP contribution in [0.2, 0.25) is 0 Å². The van der Waals surface area contributed by atoms with Crippen LogP contribution in [0, 0.1) is 0 Å². The highest BCUT2D eigenvalue weighted by Crippen LogP contribution is 2.15. The third-order valence-electron chi connectivity index (χ3n) is 4.94. The van der Waals surface area contributed by atoms with Gasteiger partial charge in [-0.3, -0.25) is 24.0 Å². The molecule has 1 saturated heterocycles. The number of fused-ring (bicyclic) bond motifs is 1. The second kappa shape index (κ2) is 7.39. The van der Waals surface area contributed by atoms with E-state index in [0.717, 1.165) is 0 Å². The van der Waals surface area contributed by atoms with E-state index >= 15 is 0 Å². The van der Waals surface area contributed by atoms with Gasteiger partial charge >= 0.3 is 5.76 Å². The van der Waals surface area contributed by atoms with E-state index in [-0.39, 0.29) is 17.9 Å². The van der Waals surface area contributed by atoms with E-state index in [1.807, 2.05) is 12.1 Å². The molecule has 0 aliphatic carbocycles. The Morgan fingerprint density at radius 1 is 1.14 bits per heavy atom. The monoisotopic (exact) mass is 384 g/mol. The molecule has 4 rings (SSSR count). The van der Waals surface area contributed by atoms with Gasteiger partial charge in [0, 0.05) is 38.6 Å². The zero-order valence-corrected chi connectivity index (χ0v) is 15.4. The molecule has 3 aromatic rings. The summed E-state index contributed by atoms with van der Waals surface area (Å²) in [5, 5.41) is 9.24. The van der Waals surface area contributed by atoms with E-state index < -0.39 is 5.76 Å². The number of carbonyl (C=O) groups is 1. The normalized spacial score (nSPS) is 15.2. The van der Waals surface area contributed by atoms with E-state index in [0.29, 0.717) is 55.0 Å². The number of aryl methyl sites for hydroxylation is 1. The lowest BCUT2D eigenvalue weighted by Gasteiger charge is -2.34. The highest BCUT2D eigenvalue weighted by molar-refractivity contribution is 5.88. The molecule has 1 aromatic carbocycles. The molecule has 0 spiro atoms. The van der Waals surface area contributed by atoms with Crippen LogP contribution >= 0.6 is 0 Å². The lowest BCUT2D eigenvalue weighted by Crippen LogP contribution is -2.49. The van der Waals surface area contributed by atoms with Gasteiger partial charge in [0.2, 0.25) is 5.91 Å². The first kappa shape index (κ1) is 18.1. The van der Waals surface area contributed by atoms with Crippen LogP contribution in [0.3, 0.4) is 0 Å². The van der Waals surface area contributed by atoms with Crippen molar-refractivity contribution in [1.82, 2.24) is 29.7 Å². The third-order valence-corrected chi connectivity index (χ3v) is 4.94. The summed E-state index contributed by atoms with van der Waals surface area (Å²) in [5.74, 6) is -0.114. The summed E-state index contributed by atoms with van der Waals surface area (Å²) in [6.07, 6.45) is 0.144. The number of carbonyl (C=O) groups excluding carboxylic acids is 1. The van der Waals surface area contributed by atoms with E-state index in [2.05, 4.69) is 24.7 Å². The first-order chi connectivity index (χ1) is 13.5. The van der Waals surface area contributed by atoms with E-state index in [1.165, 1.54) is 4.68 Å². The van der Waals surface area contributed by atoms with Crippen LogP contribution in [0.1, 0.15) is 11.5 Å². The number of amides is 1. The van der Waals surface area contributed by atoms with Crippen LogP contribution in [0.4, 0.5) is 0 Å². The number of piperazine rings is 1. The Hall–Kier alpha value is -3.27. The quantitative estimate of drug-likeness (QED) is 0.644. The van der Waals surface area contributed by atoms with Gasteiger partial charge in [0.05, 0.1) is 24.0 Å². The summed E-state index contributed by atoms with van der Waals surface area (Å²) >= 11 is 0. The number of benzene rings is 1. The number of hydrogen-bond donors (Lipinski definition) is 1. The van der Waals surface area contributed by atoms with Crippen LogP contribution in [0.25, 0.3) is 10.8 Å². The Morgan fingerprint density at radius 2 is 1.86 bits per heavy atom. The summed E-state index contributed by atoms with van der Waals surface area (Å²) in [7, 11) is 1.59. The molecule has 28 heavy (non-hydrogen) atoms. The molecule has 1 fully saturated rings. The fraction of sp³-hybridized carbons (Fsp3) is 0.389. The van der Waals surface area contributed by atoms with Crippen molar-refractivity contribution in [3.63, 3.8) is 0 Å². The number of hydrogen-bond acceptors (Lipinski definition) is 7. The predicted octanol–water partition coefficient (Wildman–Crippen LogP) is -0.503. The van der Waals surface area contributed by atoms with Crippen LogP contribution in [-0.2, 0) is 24.8 Å². The first-order valence-electron chi connectivity index (χ1n) is 9.01. The Balaban J connectivity index is 1.43. The minimum absolute atomic E-state index is 0.0224. The topological polar surface area (TPSA) is 117 Å². The molecule has 0 bridgehead atoms. The molecule has 10 nitrogen and oxygen atoms in total. The van der Waals surface area contributed by atoms with Gasteiger partial charge < -0.3 is 4.90 Å². The second-order valence-electron chi connectivity index (χ2n) is 6.80. The fourth-order valence-electron chi connectivity index (χ4n) is 3.46.